The van der Waals surface area contributed by atoms with Gasteiger partial charge in [0.2, 0.25) is 0 Å². The van der Waals surface area contributed by atoms with Crippen LogP contribution in [0.1, 0.15) is 113 Å². The van der Waals surface area contributed by atoms with Gasteiger partial charge in [0.15, 0.2) is 5.60 Å². The highest BCUT2D eigenvalue weighted by Crippen LogP contribution is 2.53. The van der Waals surface area contributed by atoms with E-state index in [4.69, 9.17) is 4.74 Å². The van der Waals surface area contributed by atoms with Crippen molar-refractivity contribution in [3.63, 3.8) is 0 Å². The number of hydrogen-bond donors (Lipinski definition) is 3. The monoisotopic (exact) mass is 530 g/mol. The minimum Gasteiger partial charge on any atom is -0.507 e. The molecule has 206 valence electrons. The maximum Gasteiger partial charge on any atom is 0.340 e. The Morgan fingerprint density at radius 3 is 1.54 bits per heavy atom. The number of carboxylic acid groups (broad SMARTS) is 1. The predicted molar refractivity (Wildman–Crippen MR) is 151 cm³/mol. The molecule has 0 saturated carbocycles. The number of phenolic OH excluding ortho intramolecular Hbond substituents is 2. The summed E-state index contributed by atoms with van der Waals surface area (Å²) in [5, 5.41) is 32.8. The molecule has 0 radical (unpaired) electrons. The highest BCUT2D eigenvalue weighted by Gasteiger charge is 2.52. The lowest BCUT2D eigenvalue weighted by Gasteiger charge is -2.33. The van der Waals surface area contributed by atoms with E-state index in [1.54, 1.807) is 12.1 Å². The number of ether oxygens (including phenoxy) is 1. The molecule has 0 saturated heterocycles. The van der Waals surface area contributed by atoms with Gasteiger partial charge in [0.1, 0.15) is 11.5 Å². The molecule has 0 aliphatic carbocycles. The molecule has 3 aromatic rings. The zero-order valence-corrected chi connectivity index (χ0v) is 23.3. The number of esters is 1. The molecule has 0 aromatic heterocycles. The Labute approximate surface area is 230 Å². The Hall–Kier alpha value is -3.80. The van der Waals surface area contributed by atoms with Crippen LogP contribution in [0.3, 0.4) is 0 Å². The molecule has 0 bridgehead atoms. The third-order valence-corrected chi connectivity index (χ3v) is 7.58. The van der Waals surface area contributed by atoms with Crippen LogP contribution in [0, 0.1) is 0 Å². The van der Waals surface area contributed by atoms with Crippen LogP contribution in [0.2, 0.25) is 0 Å². The standard InChI is InChI=1S/C33H38O6/c1-5-9-20-15-27(29(34)18-22(20)11-7-3)33(26-17-24(31(36)37)13-14-25(26)32(38)39-33)28-16-21(10-6-2)23(12-8-4)19-30(28)35/h13-19,34-35H,5-12H2,1-4H3,(H,36,37). The van der Waals surface area contributed by atoms with Crippen molar-refractivity contribution in [1.29, 1.82) is 0 Å². The average Bonchev–Trinajstić information content (AvgIpc) is 3.19. The number of carbonyl (C=O) groups is 2. The van der Waals surface area contributed by atoms with Crippen molar-refractivity contribution >= 4 is 11.9 Å². The quantitative estimate of drug-likeness (QED) is 0.229. The topological polar surface area (TPSA) is 104 Å². The van der Waals surface area contributed by atoms with Gasteiger partial charge in [0.25, 0.3) is 0 Å². The molecule has 0 spiro atoms. The van der Waals surface area contributed by atoms with E-state index in [1.807, 2.05) is 12.1 Å². The van der Waals surface area contributed by atoms with Gasteiger partial charge in [-0.2, -0.15) is 0 Å². The molecule has 0 fully saturated rings. The molecule has 3 N–H and O–H groups in total. The number of fused-ring (bicyclic) bond motifs is 1. The molecule has 4 rings (SSSR count). The van der Waals surface area contributed by atoms with Crippen molar-refractivity contribution in [2.45, 2.75) is 84.7 Å². The maximum atomic E-state index is 13.4. The number of aromatic hydroxyl groups is 2. The predicted octanol–water partition coefficient (Wildman–Crippen LogP) is 7.07. The molecule has 1 aliphatic rings. The number of cyclic esters (lactones) is 1. The van der Waals surface area contributed by atoms with Crippen molar-refractivity contribution in [2.24, 2.45) is 0 Å². The van der Waals surface area contributed by atoms with E-state index in [-0.39, 0.29) is 22.6 Å². The highest BCUT2D eigenvalue weighted by atomic mass is 16.6. The van der Waals surface area contributed by atoms with Gasteiger partial charge < -0.3 is 20.1 Å². The molecule has 6 heteroatoms. The second-order valence-electron chi connectivity index (χ2n) is 10.4. The first-order valence-corrected chi connectivity index (χ1v) is 14.0. The Balaban J connectivity index is 2.13. The smallest absolute Gasteiger partial charge is 0.340 e. The molecule has 0 atom stereocenters. The Kier molecular flexibility index (Phi) is 8.34. The molecule has 1 aliphatic heterocycles. The molecule has 0 amide bonds. The van der Waals surface area contributed by atoms with Gasteiger partial charge in [-0.05, 0) is 90.4 Å². The number of hydrogen-bond acceptors (Lipinski definition) is 5. The number of rotatable bonds is 11. The summed E-state index contributed by atoms with van der Waals surface area (Å²) in [5.41, 5.74) is 3.53. The zero-order chi connectivity index (χ0) is 28.3. The fraction of sp³-hybridized carbons (Fsp3) is 0.394. The van der Waals surface area contributed by atoms with E-state index in [0.717, 1.165) is 73.6 Å². The Bertz CT molecular complexity index is 1340. The molecule has 1 heterocycles. The van der Waals surface area contributed by atoms with E-state index in [0.29, 0.717) is 16.7 Å². The van der Waals surface area contributed by atoms with Gasteiger partial charge in [-0.25, -0.2) is 9.59 Å². The van der Waals surface area contributed by atoms with Crippen LogP contribution in [0.15, 0.2) is 42.5 Å². The van der Waals surface area contributed by atoms with E-state index < -0.39 is 17.5 Å². The van der Waals surface area contributed by atoms with Crippen LogP contribution in [0.4, 0.5) is 0 Å². The number of benzene rings is 3. The van der Waals surface area contributed by atoms with Crippen molar-refractivity contribution in [1.82, 2.24) is 0 Å². The maximum absolute atomic E-state index is 13.4. The average molecular weight is 531 g/mol. The first-order valence-electron chi connectivity index (χ1n) is 14.0. The van der Waals surface area contributed by atoms with Gasteiger partial charge in [0, 0.05) is 16.7 Å². The summed E-state index contributed by atoms with van der Waals surface area (Å²) in [6.45, 7) is 8.32. The zero-order valence-electron chi connectivity index (χ0n) is 23.3. The van der Waals surface area contributed by atoms with Crippen molar-refractivity contribution in [3.8, 4) is 11.5 Å². The third-order valence-electron chi connectivity index (χ3n) is 7.58. The molecule has 0 unspecified atom stereocenters. The van der Waals surface area contributed by atoms with Crippen LogP contribution in [-0.4, -0.2) is 27.3 Å². The van der Waals surface area contributed by atoms with E-state index >= 15 is 0 Å². The molecular weight excluding hydrogens is 492 g/mol. The number of carbonyl (C=O) groups excluding carboxylic acids is 1. The van der Waals surface area contributed by atoms with E-state index in [2.05, 4.69) is 27.7 Å². The molecule has 6 nitrogen and oxygen atoms in total. The minimum absolute atomic E-state index is 0.0109. The molecule has 39 heavy (non-hydrogen) atoms. The number of aromatic carboxylic acids is 1. The fourth-order valence-electron chi connectivity index (χ4n) is 5.87. The van der Waals surface area contributed by atoms with Crippen LogP contribution in [-0.2, 0) is 36.0 Å². The lowest BCUT2D eigenvalue weighted by atomic mass is 9.76. The second kappa shape index (κ2) is 11.5. The van der Waals surface area contributed by atoms with Crippen molar-refractivity contribution < 1.29 is 29.6 Å². The summed E-state index contributed by atoms with van der Waals surface area (Å²) in [4.78, 5) is 25.3. The summed E-state index contributed by atoms with van der Waals surface area (Å²) >= 11 is 0. The van der Waals surface area contributed by atoms with E-state index in [1.165, 1.54) is 18.2 Å². The number of aryl methyl sites for hydroxylation is 4. The van der Waals surface area contributed by atoms with Gasteiger partial charge >= 0.3 is 11.9 Å². The fourth-order valence-corrected chi connectivity index (χ4v) is 5.87. The lowest BCUT2D eigenvalue weighted by molar-refractivity contribution is 0.0239. The first kappa shape index (κ1) is 28.2. The third kappa shape index (κ3) is 5.00. The van der Waals surface area contributed by atoms with Gasteiger partial charge in [0.05, 0.1) is 11.1 Å². The minimum atomic E-state index is -1.72. The largest absolute Gasteiger partial charge is 0.507 e. The summed E-state index contributed by atoms with van der Waals surface area (Å²) < 4.78 is 6.20. The number of phenols is 2. The van der Waals surface area contributed by atoms with Crippen molar-refractivity contribution in [2.75, 3.05) is 0 Å². The van der Waals surface area contributed by atoms with Crippen molar-refractivity contribution in [3.05, 3.63) is 92.5 Å². The van der Waals surface area contributed by atoms with Gasteiger partial charge in [-0.1, -0.05) is 53.4 Å². The van der Waals surface area contributed by atoms with E-state index in [9.17, 15) is 24.9 Å². The van der Waals surface area contributed by atoms with Crippen LogP contribution >= 0.6 is 0 Å². The van der Waals surface area contributed by atoms with Crippen LogP contribution < -0.4 is 0 Å². The summed E-state index contributed by atoms with van der Waals surface area (Å²) in [6, 6.07) is 11.5. The van der Waals surface area contributed by atoms with Gasteiger partial charge in [-0.15, -0.1) is 0 Å². The lowest BCUT2D eigenvalue weighted by Crippen LogP contribution is -2.31. The highest BCUT2D eigenvalue weighted by molar-refractivity contribution is 5.99. The Morgan fingerprint density at radius 1 is 0.692 bits per heavy atom. The first-order chi connectivity index (χ1) is 18.7. The summed E-state index contributed by atoms with van der Waals surface area (Å²) in [5.74, 6) is -1.90. The second-order valence-corrected chi connectivity index (χ2v) is 10.4. The van der Waals surface area contributed by atoms with Crippen LogP contribution in [0.5, 0.6) is 11.5 Å². The summed E-state index contributed by atoms with van der Waals surface area (Å²) in [7, 11) is 0. The molecular formula is C33H38O6. The number of carboxylic acids is 1. The SMILES string of the molecule is CCCc1cc(O)c(C2(c3cc(CCC)c(CCC)cc3O)OC(=O)c3ccc(C(=O)O)cc32)cc1CCC. The summed E-state index contributed by atoms with van der Waals surface area (Å²) in [6.07, 6.45) is 6.66. The van der Waals surface area contributed by atoms with Gasteiger partial charge in [-0.3, -0.25) is 0 Å². The molecule has 3 aromatic carbocycles. The van der Waals surface area contributed by atoms with Crippen LogP contribution in [0.25, 0.3) is 0 Å². The normalized spacial score (nSPS) is 13.8. The Morgan fingerprint density at radius 2 is 1.13 bits per heavy atom.